The predicted octanol–water partition coefficient (Wildman–Crippen LogP) is 1.49. The summed E-state index contributed by atoms with van der Waals surface area (Å²) >= 11 is 1.02. The summed E-state index contributed by atoms with van der Waals surface area (Å²) in [5.74, 6) is -0.814. The predicted molar refractivity (Wildman–Crippen MR) is 81.2 cm³/mol. The quantitative estimate of drug-likeness (QED) is 0.813. The highest BCUT2D eigenvalue weighted by atomic mass is 32.2. The molecule has 7 nitrogen and oxygen atoms in total. The van der Waals surface area contributed by atoms with Crippen molar-refractivity contribution in [1.29, 1.82) is 0 Å². The molecule has 0 fully saturated rings. The molecule has 0 atom stereocenters. The van der Waals surface area contributed by atoms with Crippen molar-refractivity contribution in [2.45, 2.75) is 50.1 Å². The highest BCUT2D eigenvalue weighted by Crippen LogP contribution is 2.34. The maximum atomic E-state index is 12.0. The van der Waals surface area contributed by atoms with Crippen LogP contribution in [0, 0.1) is 0 Å². The van der Waals surface area contributed by atoms with E-state index >= 15 is 0 Å². The van der Waals surface area contributed by atoms with E-state index < -0.39 is 26.1 Å². The van der Waals surface area contributed by atoms with Gasteiger partial charge in [-0.1, -0.05) is 11.8 Å². The van der Waals surface area contributed by atoms with E-state index in [0.29, 0.717) is 11.0 Å². The van der Waals surface area contributed by atoms with Crippen LogP contribution in [-0.2, 0) is 24.9 Å². The van der Waals surface area contributed by atoms with Gasteiger partial charge in [0.2, 0.25) is 0 Å². The van der Waals surface area contributed by atoms with Crippen LogP contribution in [0.3, 0.4) is 0 Å². The van der Waals surface area contributed by atoms with E-state index in [1.807, 2.05) is 20.8 Å². The summed E-state index contributed by atoms with van der Waals surface area (Å²) in [4.78, 5) is 10.7. The largest absolute Gasteiger partial charge is 0.481 e. The van der Waals surface area contributed by atoms with E-state index in [0.717, 1.165) is 18.0 Å². The fourth-order valence-corrected chi connectivity index (χ4v) is 2.95. The van der Waals surface area contributed by atoms with Gasteiger partial charge in [0.15, 0.2) is 20.8 Å². The first-order valence-electron chi connectivity index (χ1n) is 6.29. The van der Waals surface area contributed by atoms with E-state index in [1.54, 1.807) is 18.4 Å². The molecule has 120 valence electrons. The van der Waals surface area contributed by atoms with Gasteiger partial charge in [0.1, 0.15) is 4.75 Å². The Morgan fingerprint density at radius 2 is 1.76 bits per heavy atom. The molecule has 21 heavy (non-hydrogen) atoms. The molecule has 0 amide bonds. The molecule has 1 rings (SSSR count). The lowest BCUT2D eigenvalue weighted by Gasteiger charge is -2.30. The molecule has 0 aliphatic rings. The minimum absolute atomic E-state index is 0.159. The van der Waals surface area contributed by atoms with E-state index in [9.17, 15) is 13.2 Å². The van der Waals surface area contributed by atoms with E-state index in [1.165, 1.54) is 0 Å². The Labute approximate surface area is 129 Å². The minimum Gasteiger partial charge on any atom is -0.481 e. The molecule has 9 heteroatoms. The molecule has 1 N–H and O–H groups in total. The van der Waals surface area contributed by atoms with E-state index in [4.69, 9.17) is 5.11 Å². The van der Waals surface area contributed by atoms with Gasteiger partial charge in [-0.15, -0.1) is 10.2 Å². The van der Waals surface area contributed by atoms with Crippen LogP contribution < -0.4 is 0 Å². The fraction of sp³-hybridized carbons (Fsp3) is 0.750. The van der Waals surface area contributed by atoms with Crippen molar-refractivity contribution in [3.05, 3.63) is 5.82 Å². The first kappa shape index (κ1) is 18.0. The molecule has 0 spiro atoms. The van der Waals surface area contributed by atoms with Crippen molar-refractivity contribution in [1.82, 2.24) is 14.8 Å². The zero-order valence-electron chi connectivity index (χ0n) is 13.0. The zero-order valence-corrected chi connectivity index (χ0v) is 14.7. The number of hydrogen-bond donors (Lipinski definition) is 1. The summed E-state index contributed by atoms with van der Waals surface area (Å²) in [7, 11) is -3.41. The van der Waals surface area contributed by atoms with Gasteiger partial charge < -0.3 is 5.11 Å². The highest BCUT2D eigenvalue weighted by molar-refractivity contribution is 7.99. The molecule has 0 saturated heterocycles. The van der Waals surface area contributed by atoms with Crippen LogP contribution >= 0.6 is 11.8 Å². The molecule has 1 aromatic rings. The number of carboxylic acids is 1. The van der Waals surface area contributed by atoms with Crippen LogP contribution in [-0.4, -0.2) is 46.3 Å². The molecular weight excluding hydrogens is 314 g/mol. The number of rotatable bonds is 5. The number of thioether (sulfide) groups is 1. The summed E-state index contributed by atoms with van der Waals surface area (Å²) in [5, 5.41) is 17.2. The molecule has 0 unspecified atom stereocenters. The van der Waals surface area contributed by atoms with Crippen molar-refractivity contribution in [2.75, 3.05) is 12.0 Å². The first-order chi connectivity index (χ1) is 9.28. The maximum Gasteiger partial charge on any atom is 0.313 e. The second kappa shape index (κ2) is 5.60. The lowest BCUT2D eigenvalue weighted by atomic mass is 10.1. The average Bonchev–Trinajstić information content (AvgIpc) is 2.68. The molecule has 0 saturated carbocycles. The Morgan fingerprint density at radius 1 is 1.24 bits per heavy atom. The SMILES string of the molecule is CC(C)(C)n1c(SCC(=O)O)nnc1C(C)(C)S(C)(=O)=O. The lowest BCUT2D eigenvalue weighted by Crippen LogP contribution is -2.36. The van der Waals surface area contributed by atoms with E-state index in [-0.39, 0.29) is 5.75 Å². The second-order valence-corrected chi connectivity index (χ2v) is 9.78. The Balaban J connectivity index is 3.46. The summed E-state index contributed by atoms with van der Waals surface area (Å²) in [5.41, 5.74) is -0.471. The van der Waals surface area contributed by atoms with Crippen LogP contribution in [0.1, 0.15) is 40.4 Å². The number of carbonyl (C=O) groups is 1. The van der Waals surface area contributed by atoms with Gasteiger partial charge in [-0.2, -0.15) is 0 Å². The Bertz CT molecular complexity index is 642. The third-order valence-electron chi connectivity index (χ3n) is 3.09. The molecule has 0 aliphatic carbocycles. The highest BCUT2D eigenvalue weighted by Gasteiger charge is 2.40. The normalized spacial score (nSPS) is 13.4. The Morgan fingerprint density at radius 3 is 2.14 bits per heavy atom. The number of aliphatic carboxylic acids is 1. The van der Waals surface area contributed by atoms with Gasteiger partial charge >= 0.3 is 5.97 Å². The third-order valence-corrected chi connectivity index (χ3v) is 6.04. The van der Waals surface area contributed by atoms with Crippen LogP contribution in [0.15, 0.2) is 5.16 Å². The third kappa shape index (κ3) is 3.76. The van der Waals surface area contributed by atoms with Crippen LogP contribution in [0.4, 0.5) is 0 Å². The smallest absolute Gasteiger partial charge is 0.313 e. The molecular formula is C12H21N3O4S2. The molecule has 1 heterocycles. The summed E-state index contributed by atoms with van der Waals surface area (Å²) in [6.45, 7) is 8.82. The molecule has 0 aliphatic heterocycles. The molecule has 0 bridgehead atoms. The number of carboxylic acid groups (broad SMARTS) is 1. The monoisotopic (exact) mass is 335 g/mol. The van der Waals surface area contributed by atoms with Crippen LogP contribution in [0.25, 0.3) is 0 Å². The summed E-state index contributed by atoms with van der Waals surface area (Å²) < 4.78 is 24.5. The van der Waals surface area contributed by atoms with Crippen LogP contribution in [0.2, 0.25) is 0 Å². The number of aromatic nitrogens is 3. The van der Waals surface area contributed by atoms with Crippen molar-refractivity contribution >= 4 is 27.6 Å². The van der Waals surface area contributed by atoms with Gasteiger partial charge in [0, 0.05) is 11.8 Å². The minimum atomic E-state index is -3.41. The van der Waals surface area contributed by atoms with Crippen molar-refractivity contribution in [3.63, 3.8) is 0 Å². The fourth-order valence-electron chi connectivity index (χ4n) is 1.65. The van der Waals surface area contributed by atoms with Crippen molar-refractivity contribution in [3.8, 4) is 0 Å². The average molecular weight is 335 g/mol. The molecule has 1 aromatic heterocycles. The van der Waals surface area contributed by atoms with Crippen LogP contribution in [0.5, 0.6) is 0 Å². The maximum absolute atomic E-state index is 12.0. The van der Waals surface area contributed by atoms with Gasteiger partial charge in [0.05, 0.1) is 5.75 Å². The molecule has 0 aromatic carbocycles. The Hall–Kier alpha value is -1.09. The number of hydrogen-bond acceptors (Lipinski definition) is 6. The molecule has 0 radical (unpaired) electrons. The summed E-state index contributed by atoms with van der Waals surface area (Å²) in [6, 6.07) is 0. The number of sulfone groups is 1. The van der Waals surface area contributed by atoms with Crippen molar-refractivity contribution < 1.29 is 18.3 Å². The topological polar surface area (TPSA) is 102 Å². The second-order valence-electron chi connectivity index (χ2n) is 6.28. The lowest BCUT2D eigenvalue weighted by molar-refractivity contribution is -0.133. The number of nitrogens with zero attached hydrogens (tertiary/aromatic N) is 3. The Kier molecular flexibility index (Phi) is 4.79. The van der Waals surface area contributed by atoms with Crippen molar-refractivity contribution in [2.24, 2.45) is 0 Å². The van der Waals surface area contributed by atoms with Gasteiger partial charge in [-0.3, -0.25) is 9.36 Å². The van der Waals surface area contributed by atoms with E-state index in [2.05, 4.69) is 10.2 Å². The standard InChI is InChI=1S/C12H21N3O4S2/c1-11(2,3)15-9(12(4,5)21(6,18)19)13-14-10(15)20-7-8(16)17/h7H2,1-6H3,(H,16,17). The van der Waals surface area contributed by atoms with Gasteiger partial charge in [-0.05, 0) is 34.6 Å². The van der Waals surface area contributed by atoms with Gasteiger partial charge in [-0.25, -0.2) is 8.42 Å². The van der Waals surface area contributed by atoms with Gasteiger partial charge in [0.25, 0.3) is 0 Å². The summed E-state index contributed by atoms with van der Waals surface area (Å²) in [6.07, 6.45) is 1.15. The first-order valence-corrected chi connectivity index (χ1v) is 9.16. The zero-order chi connectivity index (χ0) is 16.6.